The Morgan fingerprint density at radius 1 is 0.545 bits per heavy atom. The predicted molar refractivity (Wildman–Crippen MR) is 238 cm³/mol. The molecule has 0 spiro atoms. The standard InChI is InChI=1S/C42H64N8O15S/c1-21(2)18-28(48-41(63)34(22(3)4)50-36(58)25(43)12-14-31(51)52)40(62)46-27(16-17-66-6)38(60)47-29(20-33(55)56)39(61)44-23(5)35(57)45-26(13-15-32(53)54)37(59)49-30(42(64)65)19-24-10-8-7-9-11-24/h7-11,21-23,25-30,34H,12-20,43H2,1-6H3,(H,44,61)(H,45,57)(H,46,62)(H,47,60)(H,48,63)(H,49,59)(H,50,58)(H,51,52)(H,53,54)(H,55,56)(H,64,65)/t23-,25-,26-,27-,28-,29-,30-,34-/m0/s1. The van der Waals surface area contributed by atoms with E-state index in [1.165, 1.54) is 11.8 Å². The quantitative estimate of drug-likeness (QED) is 0.0412. The van der Waals surface area contributed by atoms with E-state index in [1.807, 2.05) is 0 Å². The van der Waals surface area contributed by atoms with Crippen LogP contribution in [0.15, 0.2) is 30.3 Å². The smallest absolute Gasteiger partial charge is 0.326 e. The molecule has 0 bridgehead atoms. The summed E-state index contributed by atoms with van der Waals surface area (Å²) >= 11 is 1.30. The zero-order chi connectivity index (χ0) is 50.3. The molecule has 0 aliphatic carbocycles. The minimum absolute atomic E-state index is 0.0336. The summed E-state index contributed by atoms with van der Waals surface area (Å²) in [4.78, 5) is 140. The minimum atomic E-state index is -1.83. The van der Waals surface area contributed by atoms with Gasteiger partial charge < -0.3 is 63.4 Å². The maximum atomic E-state index is 13.8. The van der Waals surface area contributed by atoms with Crippen molar-refractivity contribution in [1.29, 1.82) is 0 Å². The molecule has 0 heterocycles. The molecule has 0 unspecified atom stereocenters. The first kappa shape index (κ1) is 57.7. The van der Waals surface area contributed by atoms with Crippen molar-refractivity contribution < 1.29 is 73.2 Å². The lowest BCUT2D eigenvalue weighted by atomic mass is 9.99. The van der Waals surface area contributed by atoms with Gasteiger partial charge in [0.2, 0.25) is 41.4 Å². The van der Waals surface area contributed by atoms with E-state index in [0.29, 0.717) is 5.56 Å². The fraction of sp³-hybridized carbons (Fsp3) is 0.595. The second-order valence-electron chi connectivity index (χ2n) is 16.3. The number of nitrogens with two attached hydrogens (primary N) is 1. The Morgan fingerprint density at radius 3 is 1.55 bits per heavy atom. The first-order chi connectivity index (χ1) is 30.9. The molecule has 23 nitrogen and oxygen atoms in total. The Morgan fingerprint density at radius 2 is 1.03 bits per heavy atom. The Kier molecular flexibility index (Phi) is 25.6. The number of aliphatic carboxylic acids is 4. The summed E-state index contributed by atoms with van der Waals surface area (Å²) in [5.41, 5.74) is 6.38. The van der Waals surface area contributed by atoms with E-state index in [0.717, 1.165) is 6.92 Å². The largest absolute Gasteiger partial charge is 0.481 e. The van der Waals surface area contributed by atoms with Crippen molar-refractivity contribution in [3.8, 4) is 0 Å². The van der Waals surface area contributed by atoms with Gasteiger partial charge in [-0.2, -0.15) is 11.8 Å². The van der Waals surface area contributed by atoms with Crippen LogP contribution in [0.2, 0.25) is 0 Å². The highest BCUT2D eigenvalue weighted by Crippen LogP contribution is 2.12. The molecular formula is C42H64N8O15S. The Bertz CT molecular complexity index is 1870. The number of nitrogens with one attached hydrogen (secondary N) is 7. The normalized spacial score (nSPS) is 14.7. The minimum Gasteiger partial charge on any atom is -0.481 e. The maximum Gasteiger partial charge on any atom is 0.326 e. The molecule has 7 amide bonds. The molecule has 8 atom stereocenters. The average Bonchev–Trinajstić information content (AvgIpc) is 3.23. The van der Waals surface area contributed by atoms with Crippen LogP contribution in [-0.2, 0) is 59.2 Å². The molecular weight excluding hydrogens is 889 g/mol. The molecule has 0 aliphatic heterocycles. The summed E-state index contributed by atoms with van der Waals surface area (Å²) in [5, 5.41) is 54.4. The van der Waals surface area contributed by atoms with E-state index < -0.39 is 139 Å². The van der Waals surface area contributed by atoms with Gasteiger partial charge in [-0.25, -0.2) is 4.79 Å². The van der Waals surface area contributed by atoms with E-state index in [1.54, 1.807) is 64.3 Å². The number of hydrogen-bond acceptors (Lipinski definition) is 13. The van der Waals surface area contributed by atoms with Crippen LogP contribution in [0.4, 0.5) is 0 Å². The number of carboxylic acid groups (broad SMARTS) is 4. The molecule has 24 heteroatoms. The third-order valence-corrected chi connectivity index (χ3v) is 10.4. The number of hydrogen-bond donors (Lipinski definition) is 12. The van der Waals surface area contributed by atoms with Gasteiger partial charge in [-0.15, -0.1) is 0 Å². The van der Waals surface area contributed by atoms with E-state index >= 15 is 0 Å². The van der Waals surface area contributed by atoms with Crippen molar-refractivity contribution >= 4 is 77.0 Å². The Hall–Kier alpha value is -6.30. The van der Waals surface area contributed by atoms with Gasteiger partial charge in [-0.1, -0.05) is 58.0 Å². The van der Waals surface area contributed by atoms with Gasteiger partial charge in [0, 0.05) is 19.3 Å². The first-order valence-electron chi connectivity index (χ1n) is 21.2. The third-order valence-electron chi connectivity index (χ3n) is 9.78. The number of carbonyl (C=O) groups excluding carboxylic acids is 7. The van der Waals surface area contributed by atoms with Gasteiger partial charge in [-0.3, -0.25) is 47.9 Å². The van der Waals surface area contributed by atoms with Crippen LogP contribution < -0.4 is 43.0 Å². The lowest BCUT2D eigenvalue weighted by molar-refractivity contribution is -0.143. The number of thioether (sulfide) groups is 1. The summed E-state index contributed by atoms with van der Waals surface area (Å²) in [6.07, 6.45) is -1.08. The van der Waals surface area contributed by atoms with Crippen LogP contribution in [0.25, 0.3) is 0 Å². The monoisotopic (exact) mass is 952 g/mol. The molecule has 0 aliphatic rings. The summed E-state index contributed by atoms with van der Waals surface area (Å²) < 4.78 is 0. The van der Waals surface area contributed by atoms with Crippen LogP contribution in [-0.4, -0.2) is 146 Å². The predicted octanol–water partition coefficient (Wildman–Crippen LogP) is -1.29. The lowest BCUT2D eigenvalue weighted by Crippen LogP contribution is -2.60. The first-order valence-corrected chi connectivity index (χ1v) is 22.5. The van der Waals surface area contributed by atoms with Crippen LogP contribution in [0.1, 0.15) is 85.1 Å². The van der Waals surface area contributed by atoms with Gasteiger partial charge in [-0.05, 0) is 62.0 Å². The molecule has 0 fully saturated rings. The van der Waals surface area contributed by atoms with E-state index in [4.69, 9.17) is 10.8 Å². The van der Waals surface area contributed by atoms with Crippen molar-refractivity contribution in [1.82, 2.24) is 37.2 Å². The molecule has 368 valence electrons. The van der Waals surface area contributed by atoms with E-state index in [-0.39, 0.29) is 43.8 Å². The second kappa shape index (κ2) is 29.3. The summed E-state index contributed by atoms with van der Waals surface area (Å²) in [7, 11) is 0. The number of rotatable bonds is 31. The zero-order valence-corrected chi connectivity index (χ0v) is 38.6. The number of benzene rings is 1. The average molecular weight is 953 g/mol. The fourth-order valence-corrected chi connectivity index (χ4v) is 6.61. The number of carbonyl (C=O) groups is 11. The van der Waals surface area contributed by atoms with Gasteiger partial charge in [0.25, 0.3) is 0 Å². The highest BCUT2D eigenvalue weighted by molar-refractivity contribution is 7.98. The van der Waals surface area contributed by atoms with Crippen molar-refractivity contribution in [2.45, 2.75) is 134 Å². The van der Waals surface area contributed by atoms with Gasteiger partial charge in [0.1, 0.15) is 42.3 Å². The fourth-order valence-electron chi connectivity index (χ4n) is 6.14. The summed E-state index contributed by atoms with van der Waals surface area (Å²) in [6.45, 7) is 7.92. The second-order valence-corrected chi connectivity index (χ2v) is 17.3. The Balaban J connectivity index is 3.23. The molecule has 13 N–H and O–H groups in total. The van der Waals surface area contributed by atoms with Crippen molar-refractivity contribution in [2.24, 2.45) is 17.6 Å². The maximum absolute atomic E-state index is 13.8. The van der Waals surface area contributed by atoms with Crippen LogP contribution in [0.3, 0.4) is 0 Å². The lowest BCUT2D eigenvalue weighted by Gasteiger charge is -2.28. The SMILES string of the molecule is CSCC[C@H](NC(=O)[C@H](CC(C)C)NC(=O)[C@@H](NC(=O)[C@@H](N)CCC(=O)O)C(C)C)C(=O)N[C@@H](CC(=O)O)C(=O)N[C@@H](C)C(=O)N[C@@H](CCC(=O)O)C(=O)N[C@@H](Cc1ccccc1)C(=O)O. The van der Waals surface area contributed by atoms with Crippen LogP contribution in [0, 0.1) is 11.8 Å². The van der Waals surface area contributed by atoms with E-state index in [9.17, 15) is 68.1 Å². The number of amides is 7. The van der Waals surface area contributed by atoms with Crippen molar-refractivity contribution in [3.05, 3.63) is 35.9 Å². The van der Waals surface area contributed by atoms with Crippen molar-refractivity contribution in [3.63, 3.8) is 0 Å². The number of carboxylic acids is 4. The van der Waals surface area contributed by atoms with E-state index in [2.05, 4.69) is 37.2 Å². The van der Waals surface area contributed by atoms with Gasteiger partial charge in [0.05, 0.1) is 12.5 Å². The molecule has 1 aromatic carbocycles. The van der Waals surface area contributed by atoms with Crippen LogP contribution >= 0.6 is 11.8 Å². The highest BCUT2D eigenvalue weighted by atomic mass is 32.2. The Labute approximate surface area is 386 Å². The van der Waals surface area contributed by atoms with Gasteiger partial charge >= 0.3 is 23.9 Å². The third kappa shape index (κ3) is 22.1. The summed E-state index contributed by atoms with van der Waals surface area (Å²) in [6, 6.07) is -3.22. The molecule has 0 aromatic heterocycles. The van der Waals surface area contributed by atoms with Crippen LogP contribution in [0.5, 0.6) is 0 Å². The molecule has 0 radical (unpaired) electrons. The van der Waals surface area contributed by atoms with Gasteiger partial charge in [0.15, 0.2) is 0 Å². The molecule has 66 heavy (non-hydrogen) atoms. The molecule has 1 aromatic rings. The molecule has 1 rings (SSSR count). The topological polar surface area (TPSA) is 379 Å². The summed E-state index contributed by atoms with van der Waals surface area (Å²) in [5.74, 6) is -12.5. The zero-order valence-electron chi connectivity index (χ0n) is 37.8. The van der Waals surface area contributed by atoms with Crippen molar-refractivity contribution in [2.75, 3.05) is 12.0 Å². The molecule has 0 saturated carbocycles. The highest BCUT2D eigenvalue weighted by Gasteiger charge is 2.35. The molecule has 0 saturated heterocycles.